The summed E-state index contributed by atoms with van der Waals surface area (Å²) in [5.74, 6) is 0.225. The van der Waals surface area contributed by atoms with Gasteiger partial charge in [0.15, 0.2) is 0 Å². The van der Waals surface area contributed by atoms with E-state index in [9.17, 15) is 14.5 Å². The predicted molar refractivity (Wildman–Crippen MR) is 71.0 cm³/mol. The largest absolute Gasteiger partial charge is 0.487 e. The fraction of sp³-hybridized carbons (Fsp3) is 0.0714. The van der Waals surface area contributed by atoms with Gasteiger partial charge in [-0.3, -0.25) is 15.1 Å². The molecule has 0 aliphatic heterocycles. The Morgan fingerprint density at radius 1 is 1.25 bits per heavy atom. The molecule has 1 aromatic heterocycles. The monoisotopic (exact) mass is 274 g/mol. The van der Waals surface area contributed by atoms with Gasteiger partial charge in [0.2, 0.25) is 6.20 Å². The van der Waals surface area contributed by atoms with Gasteiger partial charge in [-0.25, -0.2) is 4.39 Å². The zero-order chi connectivity index (χ0) is 14.4. The summed E-state index contributed by atoms with van der Waals surface area (Å²) in [5.41, 5.74) is 1.31. The van der Waals surface area contributed by atoms with E-state index in [0.29, 0.717) is 17.0 Å². The Morgan fingerprint density at radius 2 is 2.00 bits per heavy atom. The average molecular weight is 274 g/mol. The molecule has 0 atom stereocenters. The van der Waals surface area contributed by atoms with Gasteiger partial charge in [0.05, 0.1) is 10.6 Å². The van der Waals surface area contributed by atoms with Gasteiger partial charge in [0.1, 0.15) is 18.2 Å². The Balaban J connectivity index is 1.93. The second-order valence-electron chi connectivity index (χ2n) is 3.93. The van der Waals surface area contributed by atoms with Crippen LogP contribution in [0.15, 0.2) is 48.8 Å². The number of aromatic nitrogens is 1. The molecular weight excluding hydrogens is 263 g/mol. The molecule has 0 radical (unpaired) electrons. The lowest BCUT2D eigenvalue weighted by Crippen LogP contribution is -1.98. The fourth-order valence-electron chi connectivity index (χ4n) is 1.45. The number of hydrogen-bond donors (Lipinski definition) is 0. The molecule has 0 bridgehead atoms. The summed E-state index contributed by atoms with van der Waals surface area (Å²) in [6.07, 6.45) is 3.73. The molecule has 6 heteroatoms. The molecule has 102 valence electrons. The number of nitrogens with zero attached hydrogens (tertiary/aromatic N) is 2. The number of ether oxygens (including phenoxy) is 1. The molecule has 0 fully saturated rings. The Labute approximate surface area is 114 Å². The van der Waals surface area contributed by atoms with Crippen LogP contribution < -0.4 is 4.74 Å². The second-order valence-corrected chi connectivity index (χ2v) is 3.93. The zero-order valence-corrected chi connectivity index (χ0v) is 10.4. The van der Waals surface area contributed by atoms with Crippen molar-refractivity contribution >= 4 is 6.08 Å². The van der Waals surface area contributed by atoms with Crippen molar-refractivity contribution in [3.05, 3.63) is 76.0 Å². The first kappa shape index (κ1) is 13.7. The van der Waals surface area contributed by atoms with E-state index in [-0.39, 0.29) is 12.4 Å². The average Bonchev–Trinajstić information content (AvgIpc) is 2.45. The molecule has 0 saturated carbocycles. The van der Waals surface area contributed by atoms with Gasteiger partial charge in [-0.05, 0) is 35.9 Å². The number of rotatable bonds is 5. The molecule has 0 N–H and O–H groups in total. The van der Waals surface area contributed by atoms with Crippen molar-refractivity contribution in [2.75, 3.05) is 0 Å². The number of benzene rings is 1. The van der Waals surface area contributed by atoms with Crippen molar-refractivity contribution in [3.8, 4) is 5.75 Å². The van der Waals surface area contributed by atoms with Crippen molar-refractivity contribution in [2.24, 2.45) is 0 Å². The number of pyridine rings is 1. The second kappa shape index (κ2) is 6.42. The van der Waals surface area contributed by atoms with Crippen molar-refractivity contribution in [1.82, 2.24) is 4.98 Å². The Hall–Kier alpha value is -2.76. The third kappa shape index (κ3) is 4.16. The number of halogens is 1. The molecule has 5 nitrogen and oxygen atoms in total. The van der Waals surface area contributed by atoms with Crippen LogP contribution in [0, 0.1) is 15.9 Å². The minimum absolute atomic E-state index is 0.241. The van der Waals surface area contributed by atoms with E-state index >= 15 is 0 Å². The highest BCUT2D eigenvalue weighted by atomic mass is 19.1. The lowest BCUT2D eigenvalue weighted by atomic mass is 10.2. The third-order valence-corrected chi connectivity index (χ3v) is 2.44. The van der Waals surface area contributed by atoms with Gasteiger partial charge in [-0.15, -0.1) is 0 Å². The Kier molecular flexibility index (Phi) is 4.39. The van der Waals surface area contributed by atoms with Crippen molar-refractivity contribution < 1.29 is 14.1 Å². The number of nitro groups is 1. The maximum Gasteiger partial charge on any atom is 0.235 e. The quantitative estimate of drug-likeness (QED) is 0.621. The minimum Gasteiger partial charge on any atom is -0.487 e. The SMILES string of the molecule is O=[N+]([O-])C=Cc1ccc(COc2ccc(F)cc2)nc1. The normalized spacial score (nSPS) is 10.7. The lowest BCUT2D eigenvalue weighted by molar-refractivity contribution is -0.400. The molecular formula is C14H11FN2O3. The topological polar surface area (TPSA) is 65.3 Å². The van der Waals surface area contributed by atoms with E-state index in [1.54, 1.807) is 12.1 Å². The van der Waals surface area contributed by atoms with Crippen LogP contribution in [0.1, 0.15) is 11.3 Å². The molecule has 1 aromatic carbocycles. The summed E-state index contributed by atoms with van der Waals surface area (Å²) in [6.45, 7) is 0.241. The van der Waals surface area contributed by atoms with E-state index in [4.69, 9.17) is 4.74 Å². The maximum absolute atomic E-state index is 12.7. The van der Waals surface area contributed by atoms with Crippen LogP contribution in [0.25, 0.3) is 6.08 Å². The summed E-state index contributed by atoms with van der Waals surface area (Å²) in [7, 11) is 0. The van der Waals surface area contributed by atoms with Gasteiger partial charge in [-0.2, -0.15) is 0 Å². The van der Waals surface area contributed by atoms with Crippen LogP contribution in [0.2, 0.25) is 0 Å². The summed E-state index contributed by atoms with van der Waals surface area (Å²) < 4.78 is 18.1. The van der Waals surface area contributed by atoms with E-state index in [1.165, 1.54) is 36.5 Å². The van der Waals surface area contributed by atoms with Gasteiger partial charge < -0.3 is 4.74 Å². The third-order valence-electron chi connectivity index (χ3n) is 2.44. The molecule has 20 heavy (non-hydrogen) atoms. The van der Waals surface area contributed by atoms with Gasteiger partial charge in [-0.1, -0.05) is 6.07 Å². The highest BCUT2D eigenvalue weighted by Gasteiger charge is 1.98. The first-order chi connectivity index (χ1) is 9.63. The van der Waals surface area contributed by atoms with Gasteiger partial charge >= 0.3 is 0 Å². The van der Waals surface area contributed by atoms with E-state index in [2.05, 4.69) is 4.98 Å². The molecule has 0 unspecified atom stereocenters. The fourth-order valence-corrected chi connectivity index (χ4v) is 1.45. The first-order valence-corrected chi connectivity index (χ1v) is 5.78. The van der Waals surface area contributed by atoms with Crippen LogP contribution in [-0.2, 0) is 6.61 Å². The highest BCUT2D eigenvalue weighted by Crippen LogP contribution is 2.13. The van der Waals surface area contributed by atoms with Gasteiger partial charge in [0, 0.05) is 12.3 Å². The highest BCUT2D eigenvalue weighted by molar-refractivity contribution is 5.46. The predicted octanol–water partition coefficient (Wildman–Crippen LogP) is 3.05. The van der Waals surface area contributed by atoms with Crippen LogP contribution >= 0.6 is 0 Å². The maximum atomic E-state index is 12.7. The molecule has 2 rings (SSSR count). The summed E-state index contributed by atoms with van der Waals surface area (Å²) in [4.78, 5) is 13.8. The minimum atomic E-state index is -0.536. The smallest absolute Gasteiger partial charge is 0.235 e. The molecule has 0 saturated heterocycles. The molecule has 1 heterocycles. The van der Waals surface area contributed by atoms with Crippen LogP contribution in [0.5, 0.6) is 5.75 Å². The van der Waals surface area contributed by atoms with Crippen LogP contribution in [0.4, 0.5) is 4.39 Å². The van der Waals surface area contributed by atoms with E-state index in [0.717, 1.165) is 6.20 Å². The Morgan fingerprint density at radius 3 is 2.60 bits per heavy atom. The standard InChI is InChI=1S/C14H11FN2O3/c15-12-2-5-14(6-3-12)20-10-13-4-1-11(9-16-13)7-8-17(18)19/h1-9H,10H2. The molecule has 2 aromatic rings. The molecule has 0 amide bonds. The van der Waals surface area contributed by atoms with Crippen molar-refractivity contribution in [1.29, 1.82) is 0 Å². The van der Waals surface area contributed by atoms with Crippen LogP contribution in [0.3, 0.4) is 0 Å². The van der Waals surface area contributed by atoms with Crippen LogP contribution in [-0.4, -0.2) is 9.91 Å². The number of hydrogen-bond acceptors (Lipinski definition) is 4. The van der Waals surface area contributed by atoms with Crippen molar-refractivity contribution in [3.63, 3.8) is 0 Å². The summed E-state index contributed by atoms with van der Waals surface area (Å²) >= 11 is 0. The lowest BCUT2D eigenvalue weighted by Gasteiger charge is -2.05. The van der Waals surface area contributed by atoms with Gasteiger partial charge in [0.25, 0.3) is 0 Å². The molecule has 0 aliphatic carbocycles. The Bertz CT molecular complexity index is 609. The van der Waals surface area contributed by atoms with Crippen molar-refractivity contribution in [2.45, 2.75) is 6.61 Å². The van der Waals surface area contributed by atoms with E-state index < -0.39 is 4.92 Å². The zero-order valence-electron chi connectivity index (χ0n) is 10.4. The summed E-state index contributed by atoms with van der Waals surface area (Å²) in [5, 5.41) is 10.2. The molecule has 0 spiro atoms. The first-order valence-electron chi connectivity index (χ1n) is 5.78. The van der Waals surface area contributed by atoms with E-state index in [1.807, 2.05) is 0 Å². The molecule has 0 aliphatic rings. The summed E-state index contributed by atoms with van der Waals surface area (Å²) in [6, 6.07) is 9.11.